The maximum atomic E-state index is 14.1. The van der Waals surface area contributed by atoms with Crippen LogP contribution in [0.15, 0.2) is 65.2 Å². The van der Waals surface area contributed by atoms with Gasteiger partial charge in [0.2, 0.25) is 0 Å². The number of rotatable bonds is 3. The third-order valence-corrected chi connectivity index (χ3v) is 4.16. The van der Waals surface area contributed by atoms with E-state index in [9.17, 15) is 13.9 Å². The van der Waals surface area contributed by atoms with E-state index in [-0.39, 0.29) is 16.9 Å². The Morgan fingerprint density at radius 2 is 1.60 bits per heavy atom. The Morgan fingerprint density at radius 1 is 0.880 bits per heavy atom. The van der Waals surface area contributed by atoms with Crippen molar-refractivity contribution in [3.8, 4) is 22.6 Å². The maximum Gasteiger partial charge on any atom is 0.178 e. The van der Waals surface area contributed by atoms with Gasteiger partial charge in [0.15, 0.2) is 5.76 Å². The highest BCUT2D eigenvalue weighted by atomic mass is 19.1. The van der Waals surface area contributed by atoms with Crippen LogP contribution in [0, 0.1) is 11.6 Å². The molecule has 0 bridgehead atoms. The molecule has 0 aliphatic rings. The molecule has 25 heavy (non-hydrogen) atoms. The molecule has 0 saturated carbocycles. The lowest BCUT2D eigenvalue weighted by molar-refractivity contribution is 0.281. The zero-order valence-corrected chi connectivity index (χ0v) is 13.0. The van der Waals surface area contributed by atoms with Crippen molar-refractivity contribution in [2.24, 2.45) is 0 Å². The smallest absolute Gasteiger partial charge is 0.178 e. The molecule has 0 saturated heterocycles. The quantitative estimate of drug-likeness (QED) is 0.576. The van der Waals surface area contributed by atoms with Crippen molar-refractivity contribution in [2.75, 3.05) is 0 Å². The van der Waals surface area contributed by atoms with Gasteiger partial charge in [-0.25, -0.2) is 8.78 Å². The largest absolute Gasteiger partial charge is 0.391 e. The number of benzene rings is 3. The second kappa shape index (κ2) is 6.11. The van der Waals surface area contributed by atoms with E-state index >= 15 is 0 Å². The van der Waals surface area contributed by atoms with Gasteiger partial charge in [-0.05, 0) is 29.0 Å². The molecule has 0 aliphatic heterocycles. The van der Waals surface area contributed by atoms with E-state index in [0.717, 1.165) is 22.9 Å². The van der Waals surface area contributed by atoms with E-state index in [1.807, 2.05) is 42.5 Å². The summed E-state index contributed by atoms with van der Waals surface area (Å²) in [4.78, 5) is 0. The molecule has 1 heterocycles. The molecule has 3 nitrogen and oxygen atoms in total. The Hall–Kier alpha value is -3.05. The van der Waals surface area contributed by atoms with Gasteiger partial charge in [0.1, 0.15) is 17.3 Å². The summed E-state index contributed by atoms with van der Waals surface area (Å²) in [5.41, 5.74) is 0.991. The predicted molar refractivity (Wildman–Crippen MR) is 90.7 cm³/mol. The molecular formula is C20H13F2NO2. The van der Waals surface area contributed by atoms with Gasteiger partial charge >= 0.3 is 0 Å². The molecule has 0 spiro atoms. The van der Waals surface area contributed by atoms with Crippen molar-refractivity contribution < 1.29 is 18.4 Å². The Bertz CT molecular complexity index is 1050. The average Bonchev–Trinajstić information content (AvgIpc) is 3.05. The van der Waals surface area contributed by atoms with Crippen LogP contribution < -0.4 is 0 Å². The fourth-order valence-corrected chi connectivity index (χ4v) is 2.93. The number of aliphatic hydroxyl groups is 1. The van der Waals surface area contributed by atoms with Crippen LogP contribution in [0.25, 0.3) is 33.4 Å². The molecule has 1 aromatic heterocycles. The van der Waals surface area contributed by atoms with Crippen LogP contribution >= 0.6 is 0 Å². The van der Waals surface area contributed by atoms with Crippen LogP contribution in [0.4, 0.5) is 8.78 Å². The molecule has 0 atom stereocenters. The molecular weight excluding hydrogens is 324 g/mol. The van der Waals surface area contributed by atoms with Gasteiger partial charge in [-0.15, -0.1) is 0 Å². The summed E-state index contributed by atoms with van der Waals surface area (Å²) in [5, 5.41) is 15.8. The molecule has 4 rings (SSSR count). The molecule has 0 unspecified atom stereocenters. The van der Waals surface area contributed by atoms with Crippen LogP contribution in [0.3, 0.4) is 0 Å². The summed E-state index contributed by atoms with van der Waals surface area (Å²) in [5.74, 6) is -1.63. The summed E-state index contributed by atoms with van der Waals surface area (Å²) in [6, 6.07) is 17.0. The topological polar surface area (TPSA) is 46.3 Å². The fraction of sp³-hybridized carbons (Fsp3) is 0.0500. The van der Waals surface area contributed by atoms with Gasteiger partial charge in [-0.1, -0.05) is 47.6 Å². The number of nitrogens with zero attached hydrogens (tertiary/aromatic N) is 1. The predicted octanol–water partition coefficient (Wildman–Crippen LogP) is 4.93. The van der Waals surface area contributed by atoms with Crippen LogP contribution in [0.2, 0.25) is 0 Å². The van der Waals surface area contributed by atoms with Gasteiger partial charge in [0.25, 0.3) is 0 Å². The van der Waals surface area contributed by atoms with E-state index in [0.29, 0.717) is 11.3 Å². The van der Waals surface area contributed by atoms with Crippen LogP contribution in [-0.2, 0) is 6.61 Å². The summed E-state index contributed by atoms with van der Waals surface area (Å²) < 4.78 is 33.3. The number of fused-ring (bicyclic) bond motifs is 1. The van der Waals surface area contributed by atoms with E-state index < -0.39 is 18.2 Å². The van der Waals surface area contributed by atoms with Crippen molar-refractivity contribution >= 4 is 10.8 Å². The molecule has 0 amide bonds. The monoisotopic (exact) mass is 337 g/mol. The average molecular weight is 337 g/mol. The highest BCUT2D eigenvalue weighted by Crippen LogP contribution is 2.35. The first-order valence-corrected chi connectivity index (χ1v) is 7.72. The molecule has 3 aromatic carbocycles. The lowest BCUT2D eigenvalue weighted by Crippen LogP contribution is -1.93. The fourth-order valence-electron chi connectivity index (χ4n) is 2.93. The summed E-state index contributed by atoms with van der Waals surface area (Å²) in [6.07, 6.45) is 0. The van der Waals surface area contributed by atoms with Crippen LogP contribution in [0.5, 0.6) is 0 Å². The van der Waals surface area contributed by atoms with Gasteiger partial charge in [0.05, 0.1) is 17.7 Å². The van der Waals surface area contributed by atoms with E-state index in [1.165, 1.54) is 6.07 Å². The Balaban J connectivity index is 1.90. The van der Waals surface area contributed by atoms with Crippen molar-refractivity contribution in [3.05, 3.63) is 77.9 Å². The number of halogens is 2. The first-order valence-electron chi connectivity index (χ1n) is 7.72. The zero-order valence-electron chi connectivity index (χ0n) is 13.0. The minimum Gasteiger partial charge on any atom is -0.391 e. The molecule has 0 radical (unpaired) electrons. The third kappa shape index (κ3) is 2.58. The number of aliphatic hydroxyl groups excluding tert-OH is 1. The minimum atomic E-state index is -0.768. The van der Waals surface area contributed by atoms with E-state index in [1.54, 1.807) is 0 Å². The van der Waals surface area contributed by atoms with Crippen molar-refractivity contribution in [1.29, 1.82) is 0 Å². The third-order valence-electron chi connectivity index (χ3n) is 4.16. The Kier molecular flexibility index (Phi) is 3.78. The second-order valence-corrected chi connectivity index (χ2v) is 5.66. The van der Waals surface area contributed by atoms with Gasteiger partial charge in [0, 0.05) is 5.56 Å². The Morgan fingerprint density at radius 3 is 2.32 bits per heavy atom. The van der Waals surface area contributed by atoms with Crippen molar-refractivity contribution in [3.63, 3.8) is 0 Å². The summed E-state index contributed by atoms with van der Waals surface area (Å²) >= 11 is 0. The maximum absolute atomic E-state index is 14.1. The standard InChI is InChI=1S/C20H13F2NO2/c21-16-6-3-7-17(22)18(16)20-15(11-24)19(23-25-20)14-9-8-12-4-1-2-5-13(12)10-14/h1-10,24H,11H2. The molecule has 5 heteroatoms. The van der Waals surface area contributed by atoms with Gasteiger partial charge in [-0.3, -0.25) is 0 Å². The lowest BCUT2D eigenvalue weighted by Gasteiger charge is -2.05. The summed E-state index contributed by atoms with van der Waals surface area (Å²) in [7, 11) is 0. The number of hydrogen-bond donors (Lipinski definition) is 1. The van der Waals surface area contributed by atoms with Crippen molar-refractivity contribution in [1.82, 2.24) is 5.16 Å². The van der Waals surface area contributed by atoms with Gasteiger partial charge in [-0.2, -0.15) is 0 Å². The lowest BCUT2D eigenvalue weighted by atomic mass is 10.00. The SMILES string of the molecule is OCc1c(-c2ccc3ccccc3c2)noc1-c1c(F)cccc1F. The number of hydrogen-bond acceptors (Lipinski definition) is 3. The molecule has 0 fully saturated rings. The second-order valence-electron chi connectivity index (χ2n) is 5.66. The van der Waals surface area contributed by atoms with E-state index in [4.69, 9.17) is 4.52 Å². The minimum absolute atomic E-state index is 0.0961. The molecule has 1 N–H and O–H groups in total. The zero-order chi connectivity index (χ0) is 17.4. The first-order chi connectivity index (χ1) is 12.2. The Labute approximate surface area is 142 Å². The van der Waals surface area contributed by atoms with E-state index in [2.05, 4.69) is 5.16 Å². The normalized spacial score (nSPS) is 11.2. The highest BCUT2D eigenvalue weighted by Gasteiger charge is 2.23. The molecule has 0 aliphatic carbocycles. The van der Waals surface area contributed by atoms with Crippen LogP contribution in [-0.4, -0.2) is 10.3 Å². The van der Waals surface area contributed by atoms with Gasteiger partial charge < -0.3 is 9.63 Å². The first kappa shape index (κ1) is 15.5. The summed E-state index contributed by atoms with van der Waals surface area (Å²) in [6.45, 7) is -0.450. The molecule has 124 valence electrons. The molecule has 4 aromatic rings. The van der Waals surface area contributed by atoms with Crippen LogP contribution in [0.1, 0.15) is 5.56 Å². The number of aromatic nitrogens is 1. The highest BCUT2D eigenvalue weighted by molar-refractivity contribution is 5.87. The van der Waals surface area contributed by atoms with Crippen molar-refractivity contribution in [2.45, 2.75) is 6.61 Å².